The molecule has 4 nitrogen and oxygen atoms in total. The van der Waals surface area contributed by atoms with Gasteiger partial charge in [-0.15, -0.1) is 0 Å². The third-order valence-electron chi connectivity index (χ3n) is 6.58. The van der Waals surface area contributed by atoms with Gasteiger partial charge in [0.25, 0.3) is 0 Å². The Morgan fingerprint density at radius 2 is 1.11 bits per heavy atom. The highest BCUT2D eigenvalue weighted by Gasteiger charge is 2.08. The Hall–Kier alpha value is -2.49. The summed E-state index contributed by atoms with van der Waals surface area (Å²) in [6.07, 6.45) is 16.2. The van der Waals surface area contributed by atoms with E-state index in [2.05, 4.69) is 43.0 Å². The van der Waals surface area contributed by atoms with Gasteiger partial charge in [0.05, 0.1) is 13.0 Å². The number of rotatable bonds is 20. The fourth-order valence-electron chi connectivity index (χ4n) is 4.45. The van der Waals surface area contributed by atoms with Crippen molar-refractivity contribution >= 4 is 11.7 Å². The van der Waals surface area contributed by atoms with Gasteiger partial charge in [-0.2, -0.15) is 0 Å². The molecule has 0 aliphatic rings. The first-order chi connectivity index (χ1) is 17.7. The molecule has 2 aromatic carbocycles. The van der Waals surface area contributed by atoms with Crippen LogP contribution in [-0.2, 0) is 16.0 Å². The highest BCUT2D eigenvalue weighted by Crippen LogP contribution is 2.26. The Bertz CT molecular complexity index is 800. The molecule has 4 heteroatoms. The van der Waals surface area contributed by atoms with Crippen LogP contribution in [0.4, 0.5) is 5.69 Å². The maximum Gasteiger partial charge on any atom is 0.310 e. The van der Waals surface area contributed by atoms with E-state index in [4.69, 9.17) is 9.47 Å². The molecule has 0 unspecified atom stereocenters. The quantitative estimate of drug-likeness (QED) is 0.136. The Labute approximate surface area is 220 Å². The zero-order valence-electron chi connectivity index (χ0n) is 23.1. The molecule has 0 saturated heterocycles. The molecule has 2 rings (SSSR count). The summed E-state index contributed by atoms with van der Waals surface area (Å²) < 4.78 is 11.1. The minimum Gasteiger partial charge on any atom is -0.466 e. The molecule has 0 bridgehead atoms. The van der Waals surface area contributed by atoms with Crippen molar-refractivity contribution in [2.24, 2.45) is 0 Å². The molecule has 200 valence electrons. The number of hydrogen-bond donors (Lipinski definition) is 0. The van der Waals surface area contributed by atoms with Crippen molar-refractivity contribution in [3.8, 4) is 11.5 Å². The second-order valence-electron chi connectivity index (χ2n) is 9.74. The van der Waals surface area contributed by atoms with Gasteiger partial charge in [0.15, 0.2) is 0 Å². The summed E-state index contributed by atoms with van der Waals surface area (Å²) in [5, 5.41) is 0. The first-order valence-electron chi connectivity index (χ1n) is 14.4. The number of esters is 1. The van der Waals surface area contributed by atoms with Gasteiger partial charge in [0, 0.05) is 18.8 Å². The number of ether oxygens (including phenoxy) is 2. The molecule has 0 amide bonds. The number of nitrogens with zero attached hydrogens (tertiary/aromatic N) is 1. The van der Waals surface area contributed by atoms with E-state index in [0.29, 0.717) is 6.61 Å². The summed E-state index contributed by atoms with van der Waals surface area (Å²) in [4.78, 5) is 14.2. The van der Waals surface area contributed by atoms with Crippen LogP contribution in [0.1, 0.15) is 103 Å². The molecule has 0 heterocycles. The van der Waals surface area contributed by atoms with Crippen molar-refractivity contribution in [2.45, 2.75) is 104 Å². The van der Waals surface area contributed by atoms with Gasteiger partial charge in [0.1, 0.15) is 11.5 Å². The Kier molecular flexibility index (Phi) is 15.5. The third-order valence-corrected chi connectivity index (χ3v) is 6.58. The SMILES string of the molecule is CCCCCCCCN(CCCCCCCC)c1ccc(Oc2ccc(CC(=O)OCC)cc2)cc1. The van der Waals surface area contributed by atoms with Crippen LogP contribution < -0.4 is 9.64 Å². The van der Waals surface area contributed by atoms with E-state index < -0.39 is 0 Å². The summed E-state index contributed by atoms with van der Waals surface area (Å²) >= 11 is 0. The van der Waals surface area contributed by atoms with Gasteiger partial charge in [0.2, 0.25) is 0 Å². The van der Waals surface area contributed by atoms with E-state index in [1.807, 2.05) is 31.2 Å². The van der Waals surface area contributed by atoms with Gasteiger partial charge in [-0.3, -0.25) is 4.79 Å². The summed E-state index contributed by atoms with van der Waals surface area (Å²) in [5.41, 5.74) is 2.21. The Morgan fingerprint density at radius 1 is 0.639 bits per heavy atom. The van der Waals surface area contributed by atoms with Crippen LogP contribution in [0, 0.1) is 0 Å². The van der Waals surface area contributed by atoms with E-state index in [9.17, 15) is 4.79 Å². The van der Waals surface area contributed by atoms with Gasteiger partial charge in [-0.1, -0.05) is 90.2 Å². The lowest BCUT2D eigenvalue weighted by Crippen LogP contribution is -2.25. The standard InChI is InChI=1S/C32H49NO3/c1-4-7-9-11-13-15-25-33(26-16-14-12-10-8-5-2)29-19-23-31(24-20-29)36-30-21-17-28(18-22-30)27-32(34)35-6-3/h17-24H,4-16,25-27H2,1-3H3. The van der Waals surface area contributed by atoms with Crippen molar-refractivity contribution in [1.82, 2.24) is 0 Å². The fraction of sp³-hybridized carbons (Fsp3) is 0.594. The molecule has 0 aliphatic heterocycles. The summed E-state index contributed by atoms with van der Waals surface area (Å²) in [5.74, 6) is 1.40. The van der Waals surface area contributed by atoms with Crippen LogP contribution in [0.5, 0.6) is 11.5 Å². The van der Waals surface area contributed by atoms with Crippen molar-refractivity contribution in [3.63, 3.8) is 0 Å². The second kappa shape index (κ2) is 18.7. The van der Waals surface area contributed by atoms with Gasteiger partial charge >= 0.3 is 5.97 Å². The zero-order chi connectivity index (χ0) is 25.8. The molecule has 0 N–H and O–H groups in total. The van der Waals surface area contributed by atoms with Crippen LogP contribution in [0.3, 0.4) is 0 Å². The molecular formula is C32H49NO3. The number of benzene rings is 2. The molecule has 0 aromatic heterocycles. The maximum absolute atomic E-state index is 11.7. The molecule has 0 aliphatic carbocycles. The number of carbonyl (C=O) groups is 1. The molecule has 36 heavy (non-hydrogen) atoms. The van der Waals surface area contributed by atoms with Gasteiger partial charge in [-0.25, -0.2) is 0 Å². The van der Waals surface area contributed by atoms with Crippen molar-refractivity contribution in [3.05, 3.63) is 54.1 Å². The normalized spacial score (nSPS) is 10.9. The van der Waals surface area contributed by atoms with Crippen LogP contribution in [0.2, 0.25) is 0 Å². The minimum absolute atomic E-state index is 0.201. The van der Waals surface area contributed by atoms with Crippen molar-refractivity contribution < 1.29 is 14.3 Å². The number of anilines is 1. The average molecular weight is 496 g/mol. The van der Waals surface area contributed by atoms with Crippen molar-refractivity contribution in [1.29, 1.82) is 0 Å². The van der Waals surface area contributed by atoms with Crippen LogP contribution in [0.25, 0.3) is 0 Å². The van der Waals surface area contributed by atoms with Gasteiger partial charge in [-0.05, 0) is 61.7 Å². The van der Waals surface area contributed by atoms with Gasteiger partial charge < -0.3 is 14.4 Å². The average Bonchev–Trinajstić information content (AvgIpc) is 2.89. The van der Waals surface area contributed by atoms with E-state index in [0.717, 1.165) is 30.2 Å². The molecule has 0 spiro atoms. The smallest absolute Gasteiger partial charge is 0.310 e. The monoisotopic (exact) mass is 495 g/mol. The highest BCUT2D eigenvalue weighted by molar-refractivity contribution is 5.72. The van der Waals surface area contributed by atoms with Crippen LogP contribution >= 0.6 is 0 Å². The maximum atomic E-state index is 11.7. The first kappa shape index (κ1) is 29.7. The largest absolute Gasteiger partial charge is 0.466 e. The molecule has 0 radical (unpaired) electrons. The predicted molar refractivity (Wildman–Crippen MR) is 152 cm³/mol. The minimum atomic E-state index is -0.201. The number of carbonyl (C=O) groups excluding carboxylic acids is 1. The van der Waals surface area contributed by atoms with Crippen molar-refractivity contribution in [2.75, 3.05) is 24.6 Å². The molecular weight excluding hydrogens is 446 g/mol. The molecule has 0 fully saturated rings. The summed E-state index contributed by atoms with van der Waals surface area (Å²) in [7, 11) is 0. The third kappa shape index (κ3) is 12.5. The van der Waals surface area contributed by atoms with E-state index in [-0.39, 0.29) is 12.4 Å². The number of hydrogen-bond acceptors (Lipinski definition) is 4. The predicted octanol–water partition coefficient (Wildman–Crippen LogP) is 9.11. The highest BCUT2D eigenvalue weighted by atomic mass is 16.5. The summed E-state index contributed by atoms with van der Waals surface area (Å²) in [6.45, 7) is 9.04. The number of unbranched alkanes of at least 4 members (excludes halogenated alkanes) is 10. The Balaban J connectivity index is 1.89. The van der Waals surface area contributed by atoms with Crippen LogP contribution in [0.15, 0.2) is 48.5 Å². The summed E-state index contributed by atoms with van der Waals surface area (Å²) in [6, 6.07) is 16.2. The van der Waals surface area contributed by atoms with E-state index in [1.165, 1.54) is 82.7 Å². The van der Waals surface area contributed by atoms with E-state index >= 15 is 0 Å². The molecule has 0 saturated carbocycles. The lowest BCUT2D eigenvalue weighted by molar-refractivity contribution is -0.142. The zero-order valence-corrected chi connectivity index (χ0v) is 23.1. The topological polar surface area (TPSA) is 38.8 Å². The molecule has 2 aromatic rings. The first-order valence-corrected chi connectivity index (χ1v) is 14.4. The van der Waals surface area contributed by atoms with Crippen LogP contribution in [-0.4, -0.2) is 25.7 Å². The fourth-order valence-corrected chi connectivity index (χ4v) is 4.45. The lowest BCUT2D eigenvalue weighted by atomic mass is 10.1. The Morgan fingerprint density at radius 3 is 1.61 bits per heavy atom. The lowest BCUT2D eigenvalue weighted by Gasteiger charge is -2.25. The molecule has 0 atom stereocenters. The van der Waals surface area contributed by atoms with E-state index in [1.54, 1.807) is 0 Å². The second-order valence-corrected chi connectivity index (χ2v) is 9.74.